The monoisotopic (exact) mass is 226 g/mol. The van der Waals surface area contributed by atoms with E-state index in [1.165, 1.54) is 17.2 Å². The second-order valence-electron chi connectivity index (χ2n) is 3.33. The van der Waals surface area contributed by atoms with Crippen molar-refractivity contribution in [1.82, 2.24) is 4.57 Å². The zero-order valence-electron chi connectivity index (χ0n) is 9.48. The van der Waals surface area contributed by atoms with E-state index in [4.69, 9.17) is 0 Å². The molecule has 0 N–H and O–H groups in total. The van der Waals surface area contributed by atoms with Crippen molar-refractivity contribution in [1.29, 1.82) is 0 Å². The fraction of sp³-hybridized carbons (Fsp3) is 0.625. The normalized spacial score (nSPS) is 11.0. The molecule has 0 saturated carbocycles. The molecule has 1 aromatic rings. The van der Waals surface area contributed by atoms with Gasteiger partial charge in [0, 0.05) is 20.8 Å². The van der Waals surface area contributed by atoms with Crippen LogP contribution in [0.5, 0.6) is 0 Å². The maximum atomic E-state index is 9.75. The first kappa shape index (κ1) is 14.0. The fourth-order valence-corrected chi connectivity index (χ4v) is 1.20. The molecule has 7 heteroatoms. The minimum atomic E-state index is -6.00. The van der Waals surface area contributed by atoms with Crippen LogP contribution in [0.2, 0.25) is 0 Å². The summed E-state index contributed by atoms with van der Waals surface area (Å²) in [4.78, 5) is 0. The number of nitrogens with zero attached hydrogens (tertiary/aromatic N) is 2. The molecular weight excluding hydrogens is 211 g/mol. The lowest BCUT2D eigenvalue weighted by Crippen LogP contribution is -2.32. The summed E-state index contributed by atoms with van der Waals surface area (Å²) >= 11 is 0. The first-order valence-corrected chi connectivity index (χ1v) is 4.41. The van der Waals surface area contributed by atoms with Gasteiger partial charge < -0.3 is 17.3 Å². The van der Waals surface area contributed by atoms with Gasteiger partial charge in [-0.2, -0.15) is 0 Å². The average Bonchev–Trinajstić information content (AvgIpc) is 2.21. The van der Waals surface area contributed by atoms with Crippen LogP contribution < -0.4 is 4.57 Å². The lowest BCUT2D eigenvalue weighted by molar-refractivity contribution is -0.683. The largest absolute Gasteiger partial charge is 0.673 e. The number of hydrogen-bond acceptors (Lipinski definition) is 0. The van der Waals surface area contributed by atoms with Crippen LogP contribution in [0.3, 0.4) is 0 Å². The van der Waals surface area contributed by atoms with E-state index in [2.05, 4.69) is 44.0 Å². The predicted octanol–water partition coefficient (Wildman–Crippen LogP) is 2.07. The summed E-state index contributed by atoms with van der Waals surface area (Å²) in [6.07, 6.45) is 0. The molecule has 0 spiro atoms. The van der Waals surface area contributed by atoms with Gasteiger partial charge in [0.1, 0.15) is 11.4 Å². The zero-order valence-corrected chi connectivity index (χ0v) is 9.48. The average molecular weight is 226 g/mol. The molecule has 0 unspecified atom stereocenters. The summed E-state index contributed by atoms with van der Waals surface area (Å²) in [7, 11) is -1.81. The molecular formula is C8H15BF4N2. The molecule has 1 aromatic heterocycles. The smallest absolute Gasteiger partial charge is 0.418 e. The van der Waals surface area contributed by atoms with Gasteiger partial charge in [0.05, 0.1) is 14.1 Å². The summed E-state index contributed by atoms with van der Waals surface area (Å²) in [6.45, 7) is 6.41. The molecule has 0 saturated heterocycles. The quantitative estimate of drug-likeness (QED) is 0.363. The SMILES string of the molecule is Cc1c(C)[n+](C)c(C)n1C.F[B-](F)(F)F. The Balaban J connectivity index is 0.000000336. The Bertz CT molecular complexity index is 257. The van der Waals surface area contributed by atoms with Crippen molar-refractivity contribution in [2.45, 2.75) is 20.8 Å². The van der Waals surface area contributed by atoms with Gasteiger partial charge in [-0.05, 0) is 0 Å². The molecule has 0 aliphatic carbocycles. The summed E-state index contributed by atoms with van der Waals surface area (Å²) in [5.41, 5.74) is 2.69. The van der Waals surface area contributed by atoms with Gasteiger partial charge in [0.2, 0.25) is 0 Å². The molecule has 0 aliphatic rings. The second kappa shape index (κ2) is 4.68. The Hall–Kier alpha value is -1.01. The van der Waals surface area contributed by atoms with E-state index in [9.17, 15) is 17.3 Å². The van der Waals surface area contributed by atoms with Crippen LogP contribution in [0.15, 0.2) is 0 Å². The summed E-state index contributed by atoms with van der Waals surface area (Å²) < 4.78 is 43.4. The number of imidazole rings is 1. The van der Waals surface area contributed by atoms with Gasteiger partial charge in [-0.1, -0.05) is 0 Å². The van der Waals surface area contributed by atoms with Crippen molar-refractivity contribution in [3.8, 4) is 0 Å². The van der Waals surface area contributed by atoms with E-state index in [0.717, 1.165) is 0 Å². The first-order valence-electron chi connectivity index (χ1n) is 4.41. The Morgan fingerprint density at radius 2 is 1.40 bits per heavy atom. The summed E-state index contributed by atoms with van der Waals surface area (Å²) in [5, 5.41) is 0. The molecule has 0 bridgehead atoms. The fourth-order valence-electron chi connectivity index (χ4n) is 1.20. The minimum absolute atomic E-state index is 1.30. The van der Waals surface area contributed by atoms with Gasteiger partial charge in [-0.25, -0.2) is 9.13 Å². The van der Waals surface area contributed by atoms with Crippen molar-refractivity contribution in [3.63, 3.8) is 0 Å². The number of hydrogen-bond donors (Lipinski definition) is 0. The van der Waals surface area contributed by atoms with Crippen LogP contribution >= 0.6 is 0 Å². The lowest BCUT2D eigenvalue weighted by atomic mass is 10.3. The molecule has 1 rings (SSSR count). The van der Waals surface area contributed by atoms with Crippen molar-refractivity contribution in [3.05, 3.63) is 17.2 Å². The van der Waals surface area contributed by atoms with Gasteiger partial charge in [0.25, 0.3) is 5.82 Å². The second-order valence-corrected chi connectivity index (χ2v) is 3.33. The molecule has 0 amide bonds. The Morgan fingerprint density at radius 1 is 1.07 bits per heavy atom. The highest BCUT2D eigenvalue weighted by atomic mass is 19.5. The van der Waals surface area contributed by atoms with Crippen LogP contribution in [0, 0.1) is 20.8 Å². The third kappa shape index (κ3) is 4.35. The van der Waals surface area contributed by atoms with E-state index in [-0.39, 0.29) is 0 Å². The van der Waals surface area contributed by atoms with E-state index < -0.39 is 7.25 Å². The van der Waals surface area contributed by atoms with Gasteiger partial charge in [-0.15, -0.1) is 0 Å². The maximum absolute atomic E-state index is 9.75. The molecule has 0 aliphatic heterocycles. The molecule has 0 radical (unpaired) electrons. The Morgan fingerprint density at radius 3 is 1.47 bits per heavy atom. The van der Waals surface area contributed by atoms with E-state index >= 15 is 0 Å². The van der Waals surface area contributed by atoms with Crippen LogP contribution in [0.25, 0.3) is 0 Å². The topological polar surface area (TPSA) is 8.81 Å². The highest BCUT2D eigenvalue weighted by Gasteiger charge is 2.20. The molecule has 15 heavy (non-hydrogen) atoms. The van der Waals surface area contributed by atoms with Crippen molar-refractivity contribution in [2.24, 2.45) is 14.1 Å². The summed E-state index contributed by atoms with van der Waals surface area (Å²) in [6, 6.07) is 0. The molecule has 0 atom stereocenters. The van der Waals surface area contributed by atoms with Crippen molar-refractivity contribution >= 4 is 7.25 Å². The summed E-state index contributed by atoms with van der Waals surface area (Å²) in [5.74, 6) is 1.30. The van der Waals surface area contributed by atoms with Gasteiger partial charge in [0.15, 0.2) is 0 Å². The molecule has 2 nitrogen and oxygen atoms in total. The third-order valence-corrected chi connectivity index (χ3v) is 2.50. The standard InChI is InChI=1S/C8H15N2.BF4/c1-6-7(2)10(5)8(3)9(6)4;2-1(3,4)5/h1-5H3;/q+1;-1. The number of halogens is 4. The Labute approximate surface area is 86.6 Å². The molecule has 88 valence electrons. The van der Waals surface area contributed by atoms with Crippen molar-refractivity contribution < 1.29 is 21.8 Å². The molecule has 0 aromatic carbocycles. The molecule has 1 heterocycles. The maximum Gasteiger partial charge on any atom is 0.673 e. The highest BCUT2D eigenvalue weighted by molar-refractivity contribution is 6.50. The van der Waals surface area contributed by atoms with E-state index in [0.29, 0.717) is 0 Å². The minimum Gasteiger partial charge on any atom is -0.418 e. The van der Waals surface area contributed by atoms with Crippen molar-refractivity contribution in [2.75, 3.05) is 0 Å². The highest BCUT2D eigenvalue weighted by Crippen LogP contribution is 2.06. The van der Waals surface area contributed by atoms with Crippen LogP contribution in [0.4, 0.5) is 17.3 Å². The van der Waals surface area contributed by atoms with Crippen LogP contribution in [-0.2, 0) is 14.1 Å². The lowest BCUT2D eigenvalue weighted by Gasteiger charge is -1.94. The van der Waals surface area contributed by atoms with Crippen LogP contribution in [0.1, 0.15) is 17.2 Å². The van der Waals surface area contributed by atoms with Crippen LogP contribution in [-0.4, -0.2) is 11.8 Å². The third-order valence-electron chi connectivity index (χ3n) is 2.50. The zero-order chi connectivity index (χ0) is 12.4. The van der Waals surface area contributed by atoms with E-state index in [1.807, 2.05) is 0 Å². The number of aromatic nitrogens is 2. The first-order chi connectivity index (χ1) is 6.55. The number of rotatable bonds is 0. The predicted molar refractivity (Wildman–Crippen MR) is 51.0 cm³/mol. The van der Waals surface area contributed by atoms with Gasteiger partial charge >= 0.3 is 7.25 Å². The van der Waals surface area contributed by atoms with Gasteiger partial charge in [-0.3, -0.25) is 0 Å². The molecule has 0 fully saturated rings. The van der Waals surface area contributed by atoms with E-state index in [1.54, 1.807) is 0 Å². The Kier molecular flexibility index (Phi) is 4.36.